The van der Waals surface area contributed by atoms with E-state index in [1.54, 1.807) is 0 Å². The van der Waals surface area contributed by atoms with Crippen molar-refractivity contribution in [3.63, 3.8) is 0 Å². The van der Waals surface area contributed by atoms with E-state index in [2.05, 4.69) is 29.4 Å². The third-order valence-corrected chi connectivity index (χ3v) is 6.26. The van der Waals surface area contributed by atoms with Gasteiger partial charge in [0, 0.05) is 16.8 Å². The lowest BCUT2D eigenvalue weighted by Gasteiger charge is -2.19. The van der Waals surface area contributed by atoms with Gasteiger partial charge in [0.15, 0.2) is 0 Å². The number of hydrogen-bond acceptors (Lipinski definition) is 3. The molecule has 0 spiro atoms. The largest absolute Gasteiger partial charge is 0.321 e. The van der Waals surface area contributed by atoms with Crippen molar-refractivity contribution in [2.24, 2.45) is 0 Å². The molecule has 1 aliphatic carbocycles. The van der Waals surface area contributed by atoms with E-state index < -0.39 is 0 Å². The van der Waals surface area contributed by atoms with Crippen LogP contribution >= 0.6 is 11.3 Å². The SMILES string of the molecule is Cc1cc(C)c2c(C)c(C(=O)Nc3cccc4c3CCCC4)sc2n1. The van der Waals surface area contributed by atoms with E-state index in [1.165, 1.54) is 40.9 Å². The maximum atomic E-state index is 13.0. The number of hydrogen-bond donors (Lipinski definition) is 1. The fourth-order valence-corrected chi connectivity index (χ4v) is 5.11. The molecule has 128 valence electrons. The van der Waals surface area contributed by atoms with Gasteiger partial charge < -0.3 is 5.32 Å². The van der Waals surface area contributed by atoms with Crippen LogP contribution in [-0.2, 0) is 12.8 Å². The highest BCUT2D eigenvalue weighted by atomic mass is 32.1. The lowest BCUT2D eigenvalue weighted by molar-refractivity contribution is 0.103. The van der Waals surface area contributed by atoms with Crippen LogP contribution in [0.1, 0.15) is 50.5 Å². The fraction of sp³-hybridized carbons (Fsp3) is 0.333. The van der Waals surface area contributed by atoms with Crippen LogP contribution < -0.4 is 5.32 Å². The first-order chi connectivity index (χ1) is 12.0. The zero-order valence-corrected chi connectivity index (χ0v) is 15.7. The Kier molecular flexibility index (Phi) is 4.08. The number of benzene rings is 1. The van der Waals surface area contributed by atoms with Gasteiger partial charge in [-0.15, -0.1) is 11.3 Å². The Morgan fingerprint density at radius 1 is 1.16 bits per heavy atom. The molecule has 1 aromatic carbocycles. The van der Waals surface area contributed by atoms with Gasteiger partial charge in [0.1, 0.15) is 4.83 Å². The van der Waals surface area contributed by atoms with E-state index in [4.69, 9.17) is 0 Å². The quantitative estimate of drug-likeness (QED) is 0.676. The zero-order valence-electron chi connectivity index (χ0n) is 14.9. The number of aromatic nitrogens is 1. The number of nitrogens with zero attached hydrogens (tertiary/aromatic N) is 1. The molecule has 0 bridgehead atoms. The molecule has 0 atom stereocenters. The molecular weight excluding hydrogens is 328 g/mol. The van der Waals surface area contributed by atoms with Gasteiger partial charge in [0.05, 0.1) is 4.88 Å². The predicted octanol–water partition coefficient (Wildman–Crippen LogP) is 5.35. The lowest BCUT2D eigenvalue weighted by Crippen LogP contribution is -2.15. The molecule has 25 heavy (non-hydrogen) atoms. The van der Waals surface area contributed by atoms with Crippen molar-refractivity contribution >= 4 is 33.1 Å². The van der Waals surface area contributed by atoms with Crippen molar-refractivity contribution in [3.8, 4) is 0 Å². The van der Waals surface area contributed by atoms with E-state index in [0.29, 0.717) is 0 Å². The molecule has 3 aromatic rings. The molecule has 0 fully saturated rings. The number of carbonyl (C=O) groups excluding carboxylic acids is 1. The maximum Gasteiger partial charge on any atom is 0.266 e. The average Bonchev–Trinajstić information content (AvgIpc) is 2.92. The Hall–Kier alpha value is -2.20. The van der Waals surface area contributed by atoms with Gasteiger partial charge in [0.25, 0.3) is 5.91 Å². The minimum atomic E-state index is -0.0171. The van der Waals surface area contributed by atoms with Crippen molar-refractivity contribution in [1.82, 2.24) is 4.98 Å². The highest BCUT2D eigenvalue weighted by Crippen LogP contribution is 2.34. The first-order valence-corrected chi connectivity index (χ1v) is 9.65. The number of amides is 1. The summed E-state index contributed by atoms with van der Waals surface area (Å²) in [4.78, 5) is 19.3. The smallest absolute Gasteiger partial charge is 0.266 e. The van der Waals surface area contributed by atoms with E-state index >= 15 is 0 Å². The van der Waals surface area contributed by atoms with Gasteiger partial charge in [-0.1, -0.05) is 12.1 Å². The van der Waals surface area contributed by atoms with Crippen LogP contribution in [-0.4, -0.2) is 10.9 Å². The van der Waals surface area contributed by atoms with E-state index in [-0.39, 0.29) is 5.91 Å². The van der Waals surface area contributed by atoms with Crippen LogP contribution in [0.2, 0.25) is 0 Å². The van der Waals surface area contributed by atoms with Gasteiger partial charge in [-0.05, 0) is 80.8 Å². The Morgan fingerprint density at radius 2 is 1.96 bits per heavy atom. The minimum absolute atomic E-state index is 0.0171. The fourth-order valence-electron chi connectivity index (χ4n) is 3.91. The summed E-state index contributed by atoms with van der Waals surface area (Å²) in [7, 11) is 0. The van der Waals surface area contributed by atoms with Gasteiger partial charge in [-0.3, -0.25) is 4.79 Å². The Labute approximate surface area is 152 Å². The summed E-state index contributed by atoms with van der Waals surface area (Å²) in [6.45, 7) is 6.11. The van der Waals surface area contributed by atoms with Gasteiger partial charge in [-0.25, -0.2) is 4.98 Å². The standard InChI is InChI=1S/C21H22N2OS/c1-12-11-13(2)22-21-18(12)14(3)19(25-21)20(24)23-17-10-6-8-15-7-4-5-9-16(15)17/h6,8,10-11H,4-5,7,9H2,1-3H3,(H,23,24). The number of carbonyl (C=O) groups is 1. The minimum Gasteiger partial charge on any atom is -0.321 e. The molecule has 0 radical (unpaired) electrons. The highest BCUT2D eigenvalue weighted by Gasteiger charge is 2.20. The number of rotatable bonds is 2. The number of aryl methyl sites for hydroxylation is 4. The van der Waals surface area contributed by atoms with Crippen molar-refractivity contribution in [2.75, 3.05) is 5.32 Å². The van der Waals surface area contributed by atoms with Gasteiger partial charge in [-0.2, -0.15) is 0 Å². The molecular formula is C21H22N2OS. The Morgan fingerprint density at radius 3 is 2.80 bits per heavy atom. The van der Waals surface area contributed by atoms with E-state index in [9.17, 15) is 4.79 Å². The zero-order chi connectivity index (χ0) is 17.6. The summed E-state index contributed by atoms with van der Waals surface area (Å²) in [5.41, 5.74) is 6.88. The topological polar surface area (TPSA) is 42.0 Å². The summed E-state index contributed by atoms with van der Waals surface area (Å²) in [5.74, 6) is -0.0171. The first kappa shape index (κ1) is 16.3. The molecule has 3 nitrogen and oxygen atoms in total. The molecule has 0 saturated heterocycles. The third-order valence-electron chi connectivity index (χ3n) is 5.08. The second-order valence-corrected chi connectivity index (χ2v) is 7.92. The number of thiophene rings is 1. The van der Waals surface area contributed by atoms with Crippen molar-refractivity contribution in [2.45, 2.75) is 46.5 Å². The normalized spacial score (nSPS) is 13.7. The third kappa shape index (κ3) is 2.85. The molecule has 0 unspecified atom stereocenters. The van der Waals surface area contributed by atoms with Crippen LogP contribution in [0.5, 0.6) is 0 Å². The molecule has 2 aromatic heterocycles. The summed E-state index contributed by atoms with van der Waals surface area (Å²) in [6, 6.07) is 8.34. The predicted molar refractivity (Wildman–Crippen MR) is 105 cm³/mol. The van der Waals surface area contributed by atoms with Crippen molar-refractivity contribution in [1.29, 1.82) is 0 Å². The Bertz CT molecular complexity index is 987. The lowest BCUT2D eigenvalue weighted by atomic mass is 9.90. The highest BCUT2D eigenvalue weighted by molar-refractivity contribution is 7.20. The molecule has 1 aliphatic rings. The number of nitrogens with one attached hydrogen (secondary N) is 1. The number of pyridine rings is 1. The average molecular weight is 350 g/mol. The monoisotopic (exact) mass is 350 g/mol. The van der Waals surface area contributed by atoms with Crippen LogP contribution in [0, 0.1) is 20.8 Å². The number of fused-ring (bicyclic) bond motifs is 2. The van der Waals surface area contributed by atoms with E-state index in [0.717, 1.165) is 44.9 Å². The van der Waals surface area contributed by atoms with Crippen molar-refractivity contribution in [3.05, 3.63) is 57.1 Å². The summed E-state index contributed by atoms with van der Waals surface area (Å²) in [5, 5.41) is 4.29. The summed E-state index contributed by atoms with van der Waals surface area (Å²) < 4.78 is 0. The molecule has 4 heteroatoms. The number of anilines is 1. The molecule has 0 saturated carbocycles. The second kappa shape index (κ2) is 6.26. The van der Waals surface area contributed by atoms with Crippen LogP contribution in [0.3, 0.4) is 0 Å². The molecule has 1 amide bonds. The van der Waals surface area contributed by atoms with Gasteiger partial charge >= 0.3 is 0 Å². The molecule has 4 rings (SSSR count). The van der Waals surface area contributed by atoms with Crippen LogP contribution in [0.25, 0.3) is 10.2 Å². The summed E-state index contributed by atoms with van der Waals surface area (Å²) >= 11 is 1.49. The van der Waals surface area contributed by atoms with Crippen LogP contribution in [0.4, 0.5) is 5.69 Å². The summed E-state index contributed by atoms with van der Waals surface area (Å²) in [6.07, 6.45) is 4.61. The second-order valence-electron chi connectivity index (χ2n) is 6.92. The van der Waals surface area contributed by atoms with Crippen LogP contribution in [0.15, 0.2) is 24.3 Å². The molecule has 2 heterocycles. The Balaban J connectivity index is 1.72. The van der Waals surface area contributed by atoms with Gasteiger partial charge in [0.2, 0.25) is 0 Å². The van der Waals surface area contributed by atoms with E-state index in [1.807, 2.05) is 26.0 Å². The molecule has 0 aliphatic heterocycles. The van der Waals surface area contributed by atoms with Crippen molar-refractivity contribution < 1.29 is 4.79 Å². The molecule has 1 N–H and O–H groups in total. The first-order valence-electron chi connectivity index (χ1n) is 8.84. The maximum absolute atomic E-state index is 13.0.